The molecular formula is C15H20N2O6. The van der Waals surface area contributed by atoms with E-state index in [-0.39, 0.29) is 19.8 Å². The molecule has 0 aliphatic carbocycles. The van der Waals surface area contributed by atoms with Crippen LogP contribution in [0.4, 0.5) is 0 Å². The third-order valence-corrected chi connectivity index (χ3v) is 4.12. The summed E-state index contributed by atoms with van der Waals surface area (Å²) in [7, 11) is 1.39. The molecule has 1 heterocycles. The molecule has 1 aromatic rings. The molecule has 0 spiro atoms. The Morgan fingerprint density at radius 1 is 1.48 bits per heavy atom. The van der Waals surface area contributed by atoms with Crippen LogP contribution in [0.25, 0.3) is 0 Å². The maximum atomic E-state index is 12.4. The molecule has 0 saturated carbocycles. The standard InChI is InChI=1S/C15H20N2O6/c1-15(10-22-2)13(12(18)8-16(15)17(20)21)14(19)23-9-11-6-4-3-5-7-11/h3-7,12-13,18H,8-10H2,1-2H3/t12-,13?,15+/m0/s1. The van der Waals surface area contributed by atoms with Crippen LogP contribution in [0.15, 0.2) is 30.3 Å². The zero-order valence-electron chi connectivity index (χ0n) is 13.0. The Bertz CT molecular complexity index is 566. The van der Waals surface area contributed by atoms with Gasteiger partial charge in [-0.2, -0.15) is 0 Å². The number of hydrazine groups is 1. The van der Waals surface area contributed by atoms with Gasteiger partial charge in [0.1, 0.15) is 24.6 Å². The minimum absolute atomic E-state index is 0.0461. The van der Waals surface area contributed by atoms with Crippen LogP contribution in [0.3, 0.4) is 0 Å². The van der Waals surface area contributed by atoms with E-state index in [0.29, 0.717) is 0 Å². The van der Waals surface area contributed by atoms with Crippen LogP contribution in [0.1, 0.15) is 12.5 Å². The zero-order valence-corrected chi connectivity index (χ0v) is 13.0. The number of esters is 1. The topological polar surface area (TPSA) is 102 Å². The number of ether oxygens (including phenoxy) is 2. The average Bonchev–Trinajstić information content (AvgIpc) is 2.77. The molecule has 1 N–H and O–H groups in total. The molecule has 2 rings (SSSR count). The molecule has 0 aromatic heterocycles. The number of hydrogen-bond donors (Lipinski definition) is 1. The van der Waals surface area contributed by atoms with Gasteiger partial charge in [-0.3, -0.25) is 4.79 Å². The minimum atomic E-state index is -1.27. The fraction of sp³-hybridized carbons (Fsp3) is 0.533. The van der Waals surface area contributed by atoms with Crippen LogP contribution in [0, 0.1) is 16.0 Å². The summed E-state index contributed by atoms with van der Waals surface area (Å²) < 4.78 is 10.3. The molecule has 1 fully saturated rings. The first-order chi connectivity index (χ1) is 10.9. The molecule has 0 bridgehead atoms. The average molecular weight is 324 g/mol. The summed E-state index contributed by atoms with van der Waals surface area (Å²) >= 11 is 0. The van der Waals surface area contributed by atoms with Crippen molar-refractivity contribution in [3.63, 3.8) is 0 Å². The maximum absolute atomic E-state index is 12.4. The second kappa shape index (κ2) is 6.93. The quantitative estimate of drug-likeness (QED) is 0.465. The number of hydrogen-bond acceptors (Lipinski definition) is 6. The van der Waals surface area contributed by atoms with Crippen LogP contribution >= 0.6 is 0 Å². The van der Waals surface area contributed by atoms with Crippen molar-refractivity contribution in [3.8, 4) is 0 Å². The van der Waals surface area contributed by atoms with Crippen molar-refractivity contribution >= 4 is 5.97 Å². The molecular weight excluding hydrogens is 304 g/mol. The number of benzene rings is 1. The van der Waals surface area contributed by atoms with Gasteiger partial charge in [-0.25, -0.2) is 10.1 Å². The SMILES string of the molecule is COC[C@]1(C)C(C(=O)OCc2ccccc2)[C@@H](O)CN1[N+](=O)[O-]. The smallest absolute Gasteiger partial charge is 0.314 e. The van der Waals surface area contributed by atoms with Crippen molar-refractivity contribution in [2.75, 3.05) is 20.3 Å². The monoisotopic (exact) mass is 324 g/mol. The summed E-state index contributed by atoms with van der Waals surface area (Å²) in [4.78, 5) is 23.6. The van der Waals surface area contributed by atoms with Gasteiger partial charge in [0.15, 0.2) is 5.03 Å². The highest BCUT2D eigenvalue weighted by Gasteiger charge is 2.60. The molecule has 1 aliphatic rings. The number of rotatable bonds is 6. The zero-order chi connectivity index (χ0) is 17.0. The van der Waals surface area contributed by atoms with Gasteiger partial charge in [0, 0.05) is 7.11 Å². The van der Waals surface area contributed by atoms with Gasteiger partial charge in [-0.1, -0.05) is 30.3 Å². The number of β-amino-alcohol motifs (C(OH)–C–C–N with tert-alkyl or cyclic N) is 1. The molecule has 0 radical (unpaired) electrons. The molecule has 1 saturated heterocycles. The Morgan fingerprint density at radius 3 is 2.70 bits per heavy atom. The van der Waals surface area contributed by atoms with Crippen LogP contribution in [0.5, 0.6) is 0 Å². The Kier molecular flexibility index (Phi) is 5.17. The second-order valence-electron chi connectivity index (χ2n) is 5.75. The van der Waals surface area contributed by atoms with Crippen molar-refractivity contribution in [3.05, 3.63) is 46.0 Å². The number of nitrogens with zero attached hydrogens (tertiary/aromatic N) is 2. The largest absolute Gasteiger partial charge is 0.460 e. The molecule has 1 aliphatic heterocycles. The Morgan fingerprint density at radius 2 is 2.13 bits per heavy atom. The van der Waals surface area contributed by atoms with Gasteiger partial charge in [-0.05, 0) is 12.5 Å². The summed E-state index contributed by atoms with van der Waals surface area (Å²) in [6.45, 7) is 1.24. The van der Waals surface area contributed by atoms with Crippen LogP contribution in [-0.4, -0.2) is 53.0 Å². The number of aliphatic hydroxyl groups excluding tert-OH is 1. The predicted octanol–water partition coefficient (Wildman–Crippen LogP) is 0.619. The number of carbonyl (C=O) groups excluding carboxylic acids is 1. The molecule has 8 nitrogen and oxygen atoms in total. The van der Waals surface area contributed by atoms with Gasteiger partial charge in [0.2, 0.25) is 0 Å². The van der Waals surface area contributed by atoms with Gasteiger partial charge in [0.25, 0.3) is 0 Å². The van der Waals surface area contributed by atoms with E-state index < -0.39 is 28.6 Å². The van der Waals surface area contributed by atoms with E-state index in [0.717, 1.165) is 10.6 Å². The summed E-state index contributed by atoms with van der Waals surface area (Å²) in [5.74, 6) is -1.73. The van der Waals surface area contributed by atoms with Crippen molar-refractivity contribution in [2.24, 2.45) is 5.92 Å². The van der Waals surface area contributed by atoms with Crippen molar-refractivity contribution < 1.29 is 24.4 Å². The molecule has 0 amide bonds. The highest BCUT2D eigenvalue weighted by Crippen LogP contribution is 2.36. The van der Waals surface area contributed by atoms with Gasteiger partial charge >= 0.3 is 5.97 Å². The molecule has 126 valence electrons. The van der Waals surface area contributed by atoms with Crippen molar-refractivity contribution in [2.45, 2.75) is 25.2 Å². The van der Waals surface area contributed by atoms with E-state index >= 15 is 0 Å². The highest BCUT2D eigenvalue weighted by atomic mass is 16.7. The Hall–Kier alpha value is -2.19. The van der Waals surface area contributed by atoms with E-state index in [1.165, 1.54) is 14.0 Å². The first kappa shape index (κ1) is 17.2. The van der Waals surface area contributed by atoms with Crippen LogP contribution in [0.2, 0.25) is 0 Å². The Balaban J connectivity index is 2.14. The normalized spacial score (nSPS) is 27.0. The fourth-order valence-electron chi connectivity index (χ4n) is 3.01. The van der Waals surface area contributed by atoms with Gasteiger partial charge < -0.3 is 14.6 Å². The molecule has 3 atom stereocenters. The maximum Gasteiger partial charge on any atom is 0.314 e. The van der Waals surface area contributed by atoms with Crippen molar-refractivity contribution in [1.82, 2.24) is 5.01 Å². The van der Waals surface area contributed by atoms with E-state index in [4.69, 9.17) is 9.47 Å². The Labute approximate surface area is 133 Å². The summed E-state index contributed by atoms with van der Waals surface area (Å²) in [5.41, 5.74) is -0.473. The summed E-state index contributed by atoms with van der Waals surface area (Å²) in [6.07, 6.45) is -1.19. The second-order valence-corrected chi connectivity index (χ2v) is 5.75. The summed E-state index contributed by atoms with van der Waals surface area (Å²) in [6, 6.07) is 9.08. The first-order valence-corrected chi connectivity index (χ1v) is 7.19. The van der Waals surface area contributed by atoms with Crippen molar-refractivity contribution in [1.29, 1.82) is 0 Å². The highest BCUT2D eigenvalue weighted by molar-refractivity contribution is 5.75. The number of nitro groups is 1. The van der Waals surface area contributed by atoms with E-state index in [9.17, 15) is 20.0 Å². The van der Waals surface area contributed by atoms with Crippen LogP contribution < -0.4 is 0 Å². The van der Waals surface area contributed by atoms with Crippen LogP contribution in [-0.2, 0) is 20.9 Å². The number of carbonyl (C=O) groups is 1. The molecule has 1 aromatic carbocycles. The lowest BCUT2D eigenvalue weighted by Crippen LogP contribution is -2.54. The minimum Gasteiger partial charge on any atom is -0.460 e. The summed E-state index contributed by atoms with van der Waals surface area (Å²) in [5, 5.41) is 21.6. The molecule has 1 unspecified atom stereocenters. The lowest BCUT2D eigenvalue weighted by atomic mass is 9.86. The third kappa shape index (κ3) is 3.43. The molecule has 23 heavy (non-hydrogen) atoms. The lowest BCUT2D eigenvalue weighted by Gasteiger charge is -2.31. The van der Waals surface area contributed by atoms with Gasteiger partial charge in [-0.15, -0.1) is 5.01 Å². The molecule has 8 heteroatoms. The van der Waals surface area contributed by atoms with Gasteiger partial charge in [0.05, 0.1) is 12.7 Å². The number of methoxy groups -OCH3 is 1. The first-order valence-electron chi connectivity index (χ1n) is 7.19. The van der Waals surface area contributed by atoms with E-state index in [2.05, 4.69) is 0 Å². The fourth-order valence-corrected chi connectivity index (χ4v) is 3.01. The lowest BCUT2D eigenvalue weighted by molar-refractivity contribution is -0.670. The third-order valence-electron chi connectivity index (χ3n) is 4.12. The van der Waals surface area contributed by atoms with E-state index in [1.807, 2.05) is 18.2 Å². The van der Waals surface area contributed by atoms with E-state index in [1.54, 1.807) is 12.1 Å². The predicted molar refractivity (Wildman–Crippen MR) is 79.7 cm³/mol. The number of aliphatic hydroxyl groups is 1.